The van der Waals surface area contributed by atoms with Gasteiger partial charge in [0, 0.05) is 6.42 Å². The summed E-state index contributed by atoms with van der Waals surface area (Å²) in [6.45, 7) is 2.26. The van der Waals surface area contributed by atoms with Crippen LogP contribution in [0.1, 0.15) is 18.3 Å². The molecule has 26 heavy (non-hydrogen) atoms. The van der Waals surface area contributed by atoms with Crippen LogP contribution in [-0.4, -0.2) is 14.5 Å². The molecule has 0 saturated heterocycles. The van der Waals surface area contributed by atoms with Crippen molar-refractivity contribution in [1.29, 1.82) is 0 Å². The van der Waals surface area contributed by atoms with Crippen LogP contribution in [0, 0.1) is 0 Å². The highest BCUT2D eigenvalue weighted by atomic mass is 35.5. The Bertz CT molecular complexity index is 955. The first-order valence-electron chi connectivity index (χ1n) is 8.01. The number of hydrazine groups is 1. The first kappa shape index (κ1) is 18.4. The zero-order valence-corrected chi connectivity index (χ0v) is 15.6. The molecule has 134 valence electrons. The van der Waals surface area contributed by atoms with Crippen LogP contribution in [0.3, 0.4) is 0 Å². The SMILES string of the molecule is CCc1nc(N(N)Cc2ccccc2)nc(=O)n1-c1c(Cl)cccc1Cl. The molecule has 1 heterocycles. The molecule has 0 radical (unpaired) electrons. The third-order valence-electron chi connectivity index (χ3n) is 3.80. The van der Waals surface area contributed by atoms with E-state index in [1.165, 1.54) is 9.58 Å². The molecule has 1 aromatic heterocycles. The van der Waals surface area contributed by atoms with Gasteiger partial charge in [-0.1, -0.05) is 66.5 Å². The first-order valence-corrected chi connectivity index (χ1v) is 8.77. The van der Waals surface area contributed by atoms with Gasteiger partial charge < -0.3 is 0 Å². The van der Waals surface area contributed by atoms with Crippen LogP contribution in [0.4, 0.5) is 5.95 Å². The second-order valence-corrected chi connectivity index (χ2v) is 6.41. The van der Waals surface area contributed by atoms with E-state index < -0.39 is 5.69 Å². The number of nitrogens with zero attached hydrogens (tertiary/aromatic N) is 4. The number of hydrogen-bond donors (Lipinski definition) is 1. The molecule has 0 fully saturated rings. The summed E-state index contributed by atoms with van der Waals surface area (Å²) < 4.78 is 1.32. The van der Waals surface area contributed by atoms with E-state index in [1.807, 2.05) is 37.3 Å². The van der Waals surface area contributed by atoms with E-state index in [0.29, 0.717) is 34.5 Å². The fourth-order valence-corrected chi connectivity index (χ4v) is 3.15. The van der Waals surface area contributed by atoms with Crippen LogP contribution >= 0.6 is 23.2 Å². The average Bonchev–Trinajstić information content (AvgIpc) is 2.63. The molecule has 8 heteroatoms. The van der Waals surface area contributed by atoms with E-state index in [4.69, 9.17) is 29.0 Å². The number of aromatic nitrogens is 3. The van der Waals surface area contributed by atoms with Gasteiger partial charge in [0.2, 0.25) is 5.95 Å². The predicted molar refractivity (Wildman–Crippen MR) is 104 cm³/mol. The number of halogens is 2. The van der Waals surface area contributed by atoms with Crippen LogP contribution in [-0.2, 0) is 13.0 Å². The van der Waals surface area contributed by atoms with Gasteiger partial charge in [-0.2, -0.15) is 9.97 Å². The average molecular weight is 390 g/mol. The second kappa shape index (κ2) is 7.86. The molecule has 0 aliphatic rings. The lowest BCUT2D eigenvalue weighted by molar-refractivity contribution is 0.722. The maximum Gasteiger partial charge on any atom is 0.357 e. The van der Waals surface area contributed by atoms with Crippen molar-refractivity contribution in [2.45, 2.75) is 19.9 Å². The Hall–Kier alpha value is -2.41. The number of benzene rings is 2. The summed E-state index contributed by atoms with van der Waals surface area (Å²) in [7, 11) is 0. The highest BCUT2D eigenvalue weighted by Gasteiger charge is 2.18. The Labute approximate surface area is 160 Å². The summed E-state index contributed by atoms with van der Waals surface area (Å²) in [5.41, 5.74) is 0.816. The molecule has 3 aromatic rings. The third-order valence-corrected chi connectivity index (χ3v) is 4.41. The molecule has 0 aliphatic carbocycles. The van der Waals surface area contributed by atoms with Crippen molar-refractivity contribution in [3.05, 3.63) is 80.4 Å². The Morgan fingerprint density at radius 1 is 1.04 bits per heavy atom. The molecule has 0 bridgehead atoms. The molecule has 3 rings (SSSR count). The fourth-order valence-electron chi connectivity index (χ4n) is 2.58. The van der Waals surface area contributed by atoms with E-state index >= 15 is 0 Å². The summed E-state index contributed by atoms with van der Waals surface area (Å²) in [5.74, 6) is 6.70. The smallest absolute Gasteiger partial charge is 0.274 e. The topological polar surface area (TPSA) is 77.0 Å². The van der Waals surface area contributed by atoms with Gasteiger partial charge in [-0.25, -0.2) is 15.2 Å². The summed E-state index contributed by atoms with van der Waals surface area (Å²) in [6.07, 6.45) is 0.478. The lowest BCUT2D eigenvalue weighted by atomic mass is 10.2. The lowest BCUT2D eigenvalue weighted by Crippen LogP contribution is -2.36. The van der Waals surface area contributed by atoms with Gasteiger partial charge in [0.1, 0.15) is 5.82 Å². The molecule has 0 spiro atoms. The van der Waals surface area contributed by atoms with Crippen molar-refractivity contribution in [1.82, 2.24) is 14.5 Å². The predicted octanol–water partition coefficient (Wildman–Crippen LogP) is 3.38. The zero-order chi connectivity index (χ0) is 18.7. The minimum atomic E-state index is -0.537. The Morgan fingerprint density at radius 2 is 1.69 bits per heavy atom. The van der Waals surface area contributed by atoms with Crippen LogP contribution in [0.5, 0.6) is 0 Å². The largest absolute Gasteiger partial charge is 0.357 e. The summed E-state index contributed by atoms with van der Waals surface area (Å²) >= 11 is 12.5. The monoisotopic (exact) mass is 389 g/mol. The molecular formula is C18H17Cl2N5O. The fraction of sp³-hybridized carbons (Fsp3) is 0.167. The molecule has 0 saturated carbocycles. The van der Waals surface area contributed by atoms with E-state index in [9.17, 15) is 4.79 Å². The van der Waals surface area contributed by atoms with Crippen LogP contribution in [0.25, 0.3) is 5.69 Å². The number of anilines is 1. The van der Waals surface area contributed by atoms with Crippen molar-refractivity contribution in [2.75, 3.05) is 5.01 Å². The molecule has 0 aliphatic heterocycles. The molecule has 0 amide bonds. The van der Waals surface area contributed by atoms with Crippen molar-refractivity contribution in [3.63, 3.8) is 0 Å². The molecule has 6 nitrogen and oxygen atoms in total. The number of aryl methyl sites for hydroxylation is 1. The van der Waals surface area contributed by atoms with E-state index in [1.54, 1.807) is 18.2 Å². The highest BCUT2D eigenvalue weighted by molar-refractivity contribution is 6.37. The van der Waals surface area contributed by atoms with Crippen LogP contribution in [0.2, 0.25) is 10.0 Å². The van der Waals surface area contributed by atoms with E-state index in [2.05, 4.69) is 9.97 Å². The van der Waals surface area contributed by atoms with E-state index in [0.717, 1.165) is 5.56 Å². The quantitative estimate of drug-likeness (QED) is 0.534. The standard InChI is InChI=1S/C18H17Cl2N5O/c1-2-15-22-17(24(21)11-12-7-4-3-5-8-12)23-18(26)25(15)16-13(19)9-6-10-14(16)20/h3-10H,2,11,21H2,1H3. The third kappa shape index (κ3) is 3.72. The van der Waals surface area contributed by atoms with Gasteiger partial charge in [0.15, 0.2) is 0 Å². The van der Waals surface area contributed by atoms with E-state index in [-0.39, 0.29) is 5.95 Å². The zero-order valence-electron chi connectivity index (χ0n) is 14.1. The maximum absolute atomic E-state index is 12.7. The first-order chi connectivity index (χ1) is 12.5. The Morgan fingerprint density at radius 3 is 2.31 bits per heavy atom. The summed E-state index contributed by atoms with van der Waals surface area (Å²) in [4.78, 5) is 21.2. The van der Waals surface area contributed by atoms with Crippen molar-refractivity contribution >= 4 is 29.2 Å². The van der Waals surface area contributed by atoms with Crippen molar-refractivity contribution < 1.29 is 0 Å². The molecule has 2 N–H and O–H groups in total. The summed E-state index contributed by atoms with van der Waals surface area (Å²) in [5, 5.41) is 2.04. The van der Waals surface area contributed by atoms with Gasteiger partial charge in [-0.3, -0.25) is 5.01 Å². The van der Waals surface area contributed by atoms with Crippen LogP contribution in [0.15, 0.2) is 53.3 Å². The van der Waals surface area contributed by atoms with Gasteiger partial charge in [0.25, 0.3) is 0 Å². The molecular weight excluding hydrogens is 373 g/mol. The Balaban J connectivity index is 2.04. The number of hydrogen-bond acceptors (Lipinski definition) is 5. The van der Waals surface area contributed by atoms with Crippen molar-refractivity contribution in [2.24, 2.45) is 5.84 Å². The highest BCUT2D eigenvalue weighted by Crippen LogP contribution is 2.28. The number of para-hydroxylation sites is 1. The van der Waals surface area contributed by atoms with Gasteiger partial charge >= 0.3 is 5.69 Å². The minimum Gasteiger partial charge on any atom is -0.274 e. The second-order valence-electron chi connectivity index (χ2n) is 5.60. The van der Waals surface area contributed by atoms with Gasteiger partial charge in [-0.05, 0) is 17.7 Å². The summed E-state index contributed by atoms with van der Waals surface area (Å²) in [6, 6.07) is 14.7. The van der Waals surface area contributed by atoms with Gasteiger partial charge in [-0.15, -0.1) is 0 Å². The number of nitrogens with two attached hydrogens (primary N) is 1. The maximum atomic E-state index is 12.7. The Kier molecular flexibility index (Phi) is 5.56. The minimum absolute atomic E-state index is 0.148. The molecule has 0 atom stereocenters. The normalized spacial score (nSPS) is 10.8. The lowest BCUT2D eigenvalue weighted by Gasteiger charge is -2.19. The number of rotatable bonds is 5. The molecule has 0 unspecified atom stereocenters. The van der Waals surface area contributed by atoms with Crippen LogP contribution < -0.4 is 16.5 Å². The van der Waals surface area contributed by atoms with Crippen molar-refractivity contribution in [3.8, 4) is 5.69 Å². The molecule has 2 aromatic carbocycles. The van der Waals surface area contributed by atoms with Gasteiger partial charge in [0.05, 0.1) is 22.3 Å².